The maximum Gasteiger partial charge on any atom is 0.355 e. The van der Waals surface area contributed by atoms with Crippen LogP contribution < -0.4 is 16.2 Å². The smallest absolute Gasteiger partial charge is 0.334 e. The van der Waals surface area contributed by atoms with E-state index in [-0.39, 0.29) is 22.9 Å². The summed E-state index contributed by atoms with van der Waals surface area (Å²) < 4.78 is 0.762. The number of amides is 1. The minimum absolute atomic E-state index is 0.0832. The molecule has 0 aliphatic rings. The zero-order valence-electron chi connectivity index (χ0n) is 14.9. The molecular weight excluding hydrogens is 462 g/mol. The lowest BCUT2D eigenvalue weighted by Gasteiger charge is -2.11. The lowest BCUT2D eigenvalue weighted by atomic mass is 10.2. The number of halogens is 1. The van der Waals surface area contributed by atoms with Crippen molar-refractivity contribution in [1.29, 1.82) is 0 Å². The molecule has 1 amide bonds. The van der Waals surface area contributed by atoms with E-state index in [0.29, 0.717) is 5.69 Å². The summed E-state index contributed by atoms with van der Waals surface area (Å²) in [5.41, 5.74) is 4.66. The van der Waals surface area contributed by atoms with Crippen molar-refractivity contribution in [2.75, 3.05) is 10.7 Å². The van der Waals surface area contributed by atoms with Gasteiger partial charge in [0.05, 0.1) is 9.85 Å². The Morgan fingerprint density at radius 3 is 2.30 bits per heavy atom. The number of anilines is 3. The molecule has 1 aromatic heterocycles. The summed E-state index contributed by atoms with van der Waals surface area (Å²) in [6.45, 7) is 0. The molecule has 0 spiro atoms. The van der Waals surface area contributed by atoms with E-state index < -0.39 is 21.4 Å². The van der Waals surface area contributed by atoms with Crippen LogP contribution in [0.15, 0.2) is 59.3 Å². The van der Waals surface area contributed by atoms with Crippen molar-refractivity contribution in [1.82, 2.24) is 15.4 Å². The second kappa shape index (κ2) is 8.91. The summed E-state index contributed by atoms with van der Waals surface area (Å²) in [6, 6.07) is 11.8. The maximum atomic E-state index is 12.2. The molecule has 2 aromatic carbocycles. The number of hydrogen-bond acceptors (Lipinski definition) is 9. The summed E-state index contributed by atoms with van der Waals surface area (Å²) in [4.78, 5) is 40.9. The third kappa shape index (κ3) is 4.82. The van der Waals surface area contributed by atoms with Crippen LogP contribution in [-0.2, 0) is 0 Å². The molecule has 0 radical (unpaired) electrons. The van der Waals surface area contributed by atoms with Crippen molar-refractivity contribution in [2.45, 2.75) is 0 Å². The van der Waals surface area contributed by atoms with Gasteiger partial charge in [0.15, 0.2) is 0 Å². The number of carbonyl (C=O) groups excluding carboxylic acids is 1. The van der Waals surface area contributed by atoms with E-state index in [2.05, 4.69) is 42.1 Å². The van der Waals surface area contributed by atoms with Gasteiger partial charge in [0.2, 0.25) is 11.6 Å². The molecule has 30 heavy (non-hydrogen) atoms. The molecule has 0 unspecified atom stereocenters. The van der Waals surface area contributed by atoms with E-state index >= 15 is 0 Å². The highest BCUT2D eigenvalue weighted by molar-refractivity contribution is 9.10. The SMILES string of the molecule is O=C(NNc1ncnc(Nc2cccc(Br)c2)c1[N+](=O)[O-])c1ccc([N+](=O)[O-])cc1. The summed E-state index contributed by atoms with van der Waals surface area (Å²) >= 11 is 3.31. The third-order valence-electron chi connectivity index (χ3n) is 3.73. The molecular formula is C17H12BrN7O5. The van der Waals surface area contributed by atoms with Gasteiger partial charge in [-0.25, -0.2) is 9.97 Å². The first-order chi connectivity index (χ1) is 14.3. The fourth-order valence-electron chi connectivity index (χ4n) is 2.36. The fourth-order valence-corrected chi connectivity index (χ4v) is 2.76. The number of hydrazine groups is 1. The van der Waals surface area contributed by atoms with Gasteiger partial charge >= 0.3 is 5.69 Å². The van der Waals surface area contributed by atoms with Gasteiger partial charge in [-0.2, -0.15) is 0 Å². The summed E-state index contributed by atoms with van der Waals surface area (Å²) in [5, 5.41) is 25.1. The minimum Gasteiger partial charge on any atom is -0.334 e. The Hall–Kier alpha value is -4.13. The summed E-state index contributed by atoms with van der Waals surface area (Å²) in [6.07, 6.45) is 1.09. The Kier molecular flexibility index (Phi) is 6.12. The second-order valence-corrected chi connectivity index (χ2v) is 6.61. The van der Waals surface area contributed by atoms with Crippen molar-refractivity contribution in [3.8, 4) is 0 Å². The van der Waals surface area contributed by atoms with Crippen molar-refractivity contribution >= 4 is 50.5 Å². The molecule has 0 saturated carbocycles. The highest BCUT2D eigenvalue weighted by atomic mass is 79.9. The standard InChI is InChI=1S/C17H12BrN7O5/c18-11-2-1-3-12(8-11)21-15-14(25(29)30)16(20-9-19-15)22-23-17(26)10-4-6-13(7-5-10)24(27)28/h1-9H,(H,23,26)(H2,19,20,21,22). The van der Waals surface area contributed by atoms with Gasteiger partial charge in [-0.3, -0.25) is 35.9 Å². The van der Waals surface area contributed by atoms with Crippen LogP contribution in [0.3, 0.4) is 0 Å². The van der Waals surface area contributed by atoms with Crippen molar-refractivity contribution < 1.29 is 14.6 Å². The molecule has 13 heteroatoms. The normalized spacial score (nSPS) is 10.2. The largest absolute Gasteiger partial charge is 0.355 e. The summed E-state index contributed by atoms with van der Waals surface area (Å²) in [7, 11) is 0. The van der Waals surface area contributed by atoms with E-state index in [1.165, 1.54) is 24.3 Å². The number of carbonyl (C=O) groups is 1. The van der Waals surface area contributed by atoms with Gasteiger partial charge in [-0.05, 0) is 30.3 Å². The van der Waals surface area contributed by atoms with Crippen LogP contribution in [0.4, 0.5) is 28.7 Å². The zero-order chi connectivity index (χ0) is 21.7. The Balaban J connectivity index is 1.79. The van der Waals surface area contributed by atoms with Gasteiger partial charge in [0.1, 0.15) is 6.33 Å². The molecule has 0 fully saturated rings. The number of nitro groups is 2. The number of benzene rings is 2. The molecule has 3 aromatic rings. The second-order valence-electron chi connectivity index (χ2n) is 5.70. The zero-order valence-corrected chi connectivity index (χ0v) is 16.5. The average molecular weight is 474 g/mol. The first kappa shape index (κ1) is 20.6. The lowest BCUT2D eigenvalue weighted by Crippen LogP contribution is -2.30. The highest BCUT2D eigenvalue weighted by Gasteiger charge is 2.24. The number of rotatable bonds is 7. The van der Waals surface area contributed by atoms with Gasteiger partial charge < -0.3 is 5.32 Å². The van der Waals surface area contributed by atoms with Gasteiger partial charge in [-0.1, -0.05) is 22.0 Å². The Morgan fingerprint density at radius 2 is 1.67 bits per heavy atom. The van der Waals surface area contributed by atoms with Crippen LogP contribution in [0, 0.1) is 20.2 Å². The average Bonchev–Trinajstić information content (AvgIpc) is 2.72. The molecule has 3 rings (SSSR count). The van der Waals surface area contributed by atoms with Gasteiger partial charge in [-0.15, -0.1) is 0 Å². The van der Waals surface area contributed by atoms with Crippen molar-refractivity contribution in [2.24, 2.45) is 0 Å². The fraction of sp³-hybridized carbons (Fsp3) is 0. The molecule has 3 N–H and O–H groups in total. The van der Waals surface area contributed by atoms with E-state index in [0.717, 1.165) is 10.8 Å². The van der Waals surface area contributed by atoms with Crippen molar-refractivity contribution in [3.05, 3.63) is 85.1 Å². The number of non-ortho nitro benzene ring substituents is 1. The predicted octanol–water partition coefficient (Wildman–Crippen LogP) is 3.56. The molecule has 1 heterocycles. The molecule has 0 bridgehead atoms. The number of nitrogens with one attached hydrogen (secondary N) is 3. The number of hydrogen-bond donors (Lipinski definition) is 3. The lowest BCUT2D eigenvalue weighted by molar-refractivity contribution is -0.384. The number of nitro benzene ring substituents is 1. The van der Waals surface area contributed by atoms with Crippen LogP contribution in [-0.4, -0.2) is 25.7 Å². The predicted molar refractivity (Wildman–Crippen MR) is 110 cm³/mol. The van der Waals surface area contributed by atoms with E-state index in [1.807, 2.05) is 0 Å². The minimum atomic E-state index is -0.694. The Morgan fingerprint density at radius 1 is 0.967 bits per heavy atom. The molecule has 0 aliphatic heterocycles. The van der Waals surface area contributed by atoms with Crippen LogP contribution in [0.25, 0.3) is 0 Å². The maximum absolute atomic E-state index is 12.2. The van der Waals surface area contributed by atoms with E-state index in [4.69, 9.17) is 0 Å². The highest BCUT2D eigenvalue weighted by Crippen LogP contribution is 2.31. The molecule has 152 valence electrons. The van der Waals surface area contributed by atoms with Gasteiger partial charge in [0, 0.05) is 27.9 Å². The number of aromatic nitrogens is 2. The topological polar surface area (TPSA) is 165 Å². The van der Waals surface area contributed by atoms with Crippen LogP contribution >= 0.6 is 15.9 Å². The van der Waals surface area contributed by atoms with Crippen LogP contribution in [0.5, 0.6) is 0 Å². The van der Waals surface area contributed by atoms with E-state index in [1.54, 1.807) is 24.3 Å². The molecule has 0 saturated heterocycles. The van der Waals surface area contributed by atoms with Crippen LogP contribution in [0.1, 0.15) is 10.4 Å². The van der Waals surface area contributed by atoms with Crippen LogP contribution in [0.2, 0.25) is 0 Å². The van der Waals surface area contributed by atoms with Crippen molar-refractivity contribution in [3.63, 3.8) is 0 Å². The molecule has 0 atom stereocenters. The van der Waals surface area contributed by atoms with Gasteiger partial charge in [0.25, 0.3) is 11.6 Å². The number of nitrogens with zero attached hydrogens (tertiary/aromatic N) is 4. The third-order valence-corrected chi connectivity index (χ3v) is 4.22. The van der Waals surface area contributed by atoms with E-state index in [9.17, 15) is 25.0 Å². The quantitative estimate of drug-likeness (QED) is 0.343. The first-order valence-corrected chi connectivity index (χ1v) is 8.97. The Bertz CT molecular complexity index is 1120. The first-order valence-electron chi connectivity index (χ1n) is 8.18. The molecule has 12 nitrogen and oxygen atoms in total. The summed E-state index contributed by atoms with van der Waals surface area (Å²) in [5.74, 6) is -0.998. The Labute approximate surface area is 176 Å². The molecule has 0 aliphatic carbocycles. The monoisotopic (exact) mass is 473 g/mol.